The molecule has 5 N–H and O–H groups in total. The molecule has 238 valence electrons. The largest absolute Gasteiger partial charge is 0.496 e. The molecular formula is C29H37N5O10. The Hall–Kier alpha value is -4.57. The van der Waals surface area contributed by atoms with E-state index in [2.05, 4.69) is 15.7 Å². The molecule has 0 saturated heterocycles. The number of aryl methyl sites for hydroxylation is 1. The molecule has 0 spiro atoms. The van der Waals surface area contributed by atoms with Gasteiger partial charge in [-0.3, -0.25) is 19.1 Å². The van der Waals surface area contributed by atoms with Gasteiger partial charge in [0.25, 0.3) is 11.8 Å². The van der Waals surface area contributed by atoms with Gasteiger partial charge in [0.1, 0.15) is 19.0 Å². The Morgan fingerprint density at radius 2 is 1.64 bits per heavy atom. The molecule has 1 unspecified atom stereocenters. The van der Waals surface area contributed by atoms with Crippen LogP contribution in [0.4, 0.5) is 5.69 Å². The summed E-state index contributed by atoms with van der Waals surface area (Å²) in [6.45, 7) is 0.193. The van der Waals surface area contributed by atoms with Crippen molar-refractivity contribution in [1.29, 1.82) is 0 Å². The number of hydrogen-bond acceptors (Lipinski definition) is 10. The average Bonchev–Trinajstić information content (AvgIpc) is 3.34. The number of carbonyl (C=O) groups is 4. The van der Waals surface area contributed by atoms with Gasteiger partial charge >= 0.3 is 5.97 Å². The first kappa shape index (κ1) is 33.9. The molecule has 3 rings (SSSR count). The lowest BCUT2D eigenvalue weighted by Gasteiger charge is -2.20. The van der Waals surface area contributed by atoms with E-state index in [4.69, 9.17) is 34.5 Å². The van der Waals surface area contributed by atoms with Gasteiger partial charge in [0.2, 0.25) is 5.91 Å². The van der Waals surface area contributed by atoms with Gasteiger partial charge in [0.05, 0.1) is 57.3 Å². The number of rotatable bonds is 20. The summed E-state index contributed by atoms with van der Waals surface area (Å²) >= 11 is 0. The van der Waals surface area contributed by atoms with Crippen LogP contribution < -0.4 is 21.1 Å². The maximum atomic E-state index is 13.4. The summed E-state index contributed by atoms with van der Waals surface area (Å²) in [5.41, 5.74) is 6.63. The molecule has 0 fully saturated rings. The van der Waals surface area contributed by atoms with E-state index in [9.17, 15) is 19.2 Å². The number of nitrogens with zero attached hydrogens (tertiary/aromatic N) is 2. The molecule has 3 aromatic rings. The van der Waals surface area contributed by atoms with Crippen LogP contribution in [0.3, 0.4) is 0 Å². The summed E-state index contributed by atoms with van der Waals surface area (Å²) in [5.74, 6) is -2.30. The second kappa shape index (κ2) is 17.5. The number of carboxylic acid groups (broad SMARTS) is 1. The molecule has 1 atom stereocenters. The van der Waals surface area contributed by atoms with Gasteiger partial charge in [0, 0.05) is 24.7 Å². The van der Waals surface area contributed by atoms with Crippen molar-refractivity contribution in [2.24, 2.45) is 12.8 Å². The van der Waals surface area contributed by atoms with Crippen LogP contribution in [0, 0.1) is 0 Å². The summed E-state index contributed by atoms with van der Waals surface area (Å²) in [5, 5.41) is 19.4. The van der Waals surface area contributed by atoms with E-state index in [1.807, 2.05) is 24.3 Å². The predicted octanol–water partition coefficient (Wildman–Crippen LogP) is 0.959. The second-order valence-electron chi connectivity index (χ2n) is 9.47. The van der Waals surface area contributed by atoms with Crippen LogP contribution >= 0.6 is 0 Å². The number of ether oxygens (including phenoxy) is 5. The molecule has 15 nitrogen and oxygen atoms in total. The molecule has 0 saturated carbocycles. The van der Waals surface area contributed by atoms with Crippen molar-refractivity contribution in [1.82, 2.24) is 15.1 Å². The highest BCUT2D eigenvalue weighted by molar-refractivity contribution is 6.11. The number of primary amides is 1. The zero-order valence-corrected chi connectivity index (χ0v) is 24.6. The second-order valence-corrected chi connectivity index (χ2v) is 9.47. The van der Waals surface area contributed by atoms with Crippen molar-refractivity contribution in [2.45, 2.75) is 12.5 Å². The smallest absolute Gasteiger partial charge is 0.329 e. The van der Waals surface area contributed by atoms with Gasteiger partial charge in [-0.05, 0) is 30.7 Å². The molecule has 0 bridgehead atoms. The van der Waals surface area contributed by atoms with Crippen molar-refractivity contribution in [3.8, 4) is 5.75 Å². The van der Waals surface area contributed by atoms with E-state index >= 15 is 0 Å². The third kappa shape index (κ3) is 10.6. The van der Waals surface area contributed by atoms with E-state index in [1.54, 1.807) is 23.9 Å². The van der Waals surface area contributed by atoms with Crippen LogP contribution in [0.25, 0.3) is 10.9 Å². The SMILES string of the molecule is COc1ccc(NC(=O)c2nn(C)c3ccccc23)cc1C(=O)NC(CCOCCOCC(=O)O)COCCOCC(N)=O. The Bertz CT molecular complexity index is 1430. The fraction of sp³-hybridized carbons (Fsp3) is 0.414. The zero-order chi connectivity index (χ0) is 31.9. The van der Waals surface area contributed by atoms with Crippen LogP contribution in [-0.2, 0) is 35.6 Å². The minimum absolute atomic E-state index is 0.0933. The number of methoxy groups -OCH3 is 1. The number of amides is 3. The molecule has 0 aliphatic heterocycles. The number of para-hydroxylation sites is 1. The van der Waals surface area contributed by atoms with Crippen LogP contribution in [0.2, 0.25) is 0 Å². The molecule has 2 aromatic carbocycles. The Kier molecular flexibility index (Phi) is 13.5. The first-order valence-corrected chi connectivity index (χ1v) is 13.7. The number of nitrogens with two attached hydrogens (primary N) is 1. The fourth-order valence-corrected chi connectivity index (χ4v) is 4.12. The third-order valence-electron chi connectivity index (χ3n) is 6.15. The monoisotopic (exact) mass is 615 g/mol. The van der Waals surface area contributed by atoms with Gasteiger partial charge in [-0.2, -0.15) is 5.10 Å². The summed E-state index contributed by atoms with van der Waals surface area (Å²) in [7, 11) is 3.18. The highest BCUT2D eigenvalue weighted by Crippen LogP contribution is 2.24. The van der Waals surface area contributed by atoms with Crippen LogP contribution in [0.1, 0.15) is 27.3 Å². The number of aromatic nitrogens is 2. The minimum atomic E-state index is -1.07. The molecule has 0 aliphatic rings. The van der Waals surface area contributed by atoms with Gasteiger partial charge in [0.15, 0.2) is 5.69 Å². The molecule has 1 aromatic heterocycles. The molecule has 1 heterocycles. The molecule has 15 heteroatoms. The summed E-state index contributed by atoms with van der Waals surface area (Å²) < 4.78 is 28.2. The van der Waals surface area contributed by atoms with Crippen molar-refractivity contribution < 1.29 is 48.0 Å². The molecular weight excluding hydrogens is 578 g/mol. The van der Waals surface area contributed by atoms with E-state index < -0.39 is 36.3 Å². The third-order valence-corrected chi connectivity index (χ3v) is 6.15. The van der Waals surface area contributed by atoms with Crippen LogP contribution in [-0.4, -0.2) is 105 Å². The average molecular weight is 616 g/mol. The number of fused-ring (bicyclic) bond motifs is 1. The number of anilines is 1. The van der Waals surface area contributed by atoms with Gasteiger partial charge in [-0.25, -0.2) is 4.79 Å². The standard InChI is InChI=1S/C29H37N5O10/c1-34-23-6-4-3-5-21(23)27(33-34)29(39)31-19-7-8-24(40-2)22(15-19)28(38)32-20(16-42-13-14-43-17-25(30)35)9-10-41-11-12-44-18-26(36)37/h3-8,15,20H,9-14,16-18H2,1-2H3,(H2,30,35)(H,31,39)(H,32,38)(H,36,37). The molecule has 0 aliphatic carbocycles. The fourth-order valence-electron chi connectivity index (χ4n) is 4.12. The predicted molar refractivity (Wildman–Crippen MR) is 158 cm³/mol. The number of benzene rings is 2. The van der Waals surface area contributed by atoms with E-state index in [1.165, 1.54) is 13.2 Å². The van der Waals surface area contributed by atoms with Gasteiger partial charge in [-0.1, -0.05) is 18.2 Å². The number of nitrogens with one attached hydrogen (secondary N) is 2. The highest BCUT2D eigenvalue weighted by atomic mass is 16.5. The summed E-state index contributed by atoms with van der Waals surface area (Å²) in [6, 6.07) is 11.5. The van der Waals surface area contributed by atoms with Gasteiger partial charge in [-0.15, -0.1) is 0 Å². The minimum Gasteiger partial charge on any atom is -0.496 e. The molecule has 0 radical (unpaired) electrons. The number of carboxylic acids is 1. The first-order valence-electron chi connectivity index (χ1n) is 13.7. The van der Waals surface area contributed by atoms with Crippen LogP contribution in [0.15, 0.2) is 42.5 Å². The maximum absolute atomic E-state index is 13.4. The van der Waals surface area contributed by atoms with Crippen molar-refractivity contribution in [3.63, 3.8) is 0 Å². The molecule has 3 amide bonds. The topological polar surface area (TPSA) is 203 Å². The summed E-state index contributed by atoms with van der Waals surface area (Å²) in [4.78, 5) is 47.9. The number of hydrogen-bond donors (Lipinski definition) is 4. The quantitative estimate of drug-likeness (QED) is 0.132. The maximum Gasteiger partial charge on any atom is 0.329 e. The molecule has 44 heavy (non-hydrogen) atoms. The Morgan fingerprint density at radius 1 is 0.932 bits per heavy atom. The Balaban J connectivity index is 1.65. The van der Waals surface area contributed by atoms with E-state index in [0.717, 1.165) is 5.52 Å². The number of carbonyl (C=O) groups excluding carboxylic acids is 3. The normalized spacial score (nSPS) is 11.7. The lowest BCUT2D eigenvalue weighted by molar-refractivity contribution is -0.142. The van der Waals surface area contributed by atoms with E-state index in [-0.39, 0.29) is 63.3 Å². The lowest BCUT2D eigenvalue weighted by Crippen LogP contribution is -2.39. The summed E-state index contributed by atoms with van der Waals surface area (Å²) in [6.07, 6.45) is 0.346. The van der Waals surface area contributed by atoms with Crippen LogP contribution in [0.5, 0.6) is 5.75 Å². The van der Waals surface area contributed by atoms with Crippen molar-refractivity contribution in [2.75, 3.05) is 65.3 Å². The zero-order valence-electron chi connectivity index (χ0n) is 24.6. The van der Waals surface area contributed by atoms with Gasteiger partial charge < -0.3 is 45.2 Å². The van der Waals surface area contributed by atoms with Crippen molar-refractivity contribution >= 4 is 40.3 Å². The first-order chi connectivity index (χ1) is 21.2. The van der Waals surface area contributed by atoms with E-state index in [0.29, 0.717) is 17.5 Å². The Labute approximate surface area is 253 Å². The Morgan fingerprint density at radius 3 is 2.36 bits per heavy atom. The van der Waals surface area contributed by atoms with Crippen molar-refractivity contribution in [3.05, 3.63) is 53.7 Å². The lowest BCUT2D eigenvalue weighted by atomic mass is 10.1. The highest BCUT2D eigenvalue weighted by Gasteiger charge is 2.20. The number of aliphatic carboxylic acids is 1.